The summed E-state index contributed by atoms with van der Waals surface area (Å²) in [6.45, 7) is 0. The van der Waals surface area contributed by atoms with E-state index in [1.165, 1.54) is 17.5 Å². The van der Waals surface area contributed by atoms with Crippen LogP contribution in [0.1, 0.15) is 11.3 Å². The van der Waals surface area contributed by atoms with Crippen LogP contribution in [0.5, 0.6) is 0 Å². The van der Waals surface area contributed by atoms with Crippen LogP contribution >= 0.6 is 39.0 Å². The van der Waals surface area contributed by atoms with Crippen molar-refractivity contribution in [3.63, 3.8) is 0 Å². The number of benzene rings is 1. The summed E-state index contributed by atoms with van der Waals surface area (Å²) in [5, 5.41) is 10.2. The topological polar surface area (TPSA) is 50.2 Å². The molecule has 0 spiro atoms. The van der Waals surface area contributed by atoms with Gasteiger partial charge in [0.1, 0.15) is 0 Å². The molecule has 1 N–H and O–H groups in total. The number of hydrogen-bond donors (Lipinski definition) is 1. The molecule has 0 unspecified atom stereocenters. The Balaban J connectivity index is 2.27. The summed E-state index contributed by atoms with van der Waals surface area (Å²) in [5.41, 5.74) is -0.419. The number of alkyl halides is 3. The van der Waals surface area contributed by atoms with Crippen LogP contribution in [0.4, 0.5) is 13.2 Å². The van der Waals surface area contributed by atoms with Crippen LogP contribution in [0.25, 0.3) is 0 Å². The molecular formula is C12H7BrF3NO2S2. The second kappa shape index (κ2) is 6.37. The number of aromatic nitrogens is 1. The van der Waals surface area contributed by atoms with Crippen molar-refractivity contribution < 1.29 is 23.1 Å². The maximum atomic E-state index is 13.0. The van der Waals surface area contributed by atoms with E-state index >= 15 is 0 Å². The van der Waals surface area contributed by atoms with Crippen LogP contribution in [0.15, 0.2) is 37.3 Å². The summed E-state index contributed by atoms with van der Waals surface area (Å²) in [5.74, 6) is -1.03. The monoisotopic (exact) mass is 397 g/mol. The highest BCUT2D eigenvalue weighted by molar-refractivity contribution is 9.10. The molecule has 0 aliphatic rings. The molecule has 3 nitrogen and oxygen atoms in total. The van der Waals surface area contributed by atoms with Crippen LogP contribution in [-0.2, 0) is 17.4 Å². The smallest absolute Gasteiger partial charge is 0.417 e. The molecular weight excluding hydrogens is 391 g/mol. The number of hydrogen-bond acceptors (Lipinski definition) is 4. The van der Waals surface area contributed by atoms with Gasteiger partial charge in [-0.25, -0.2) is 4.98 Å². The van der Waals surface area contributed by atoms with E-state index in [4.69, 9.17) is 5.11 Å². The Morgan fingerprint density at radius 2 is 2.14 bits per heavy atom. The molecule has 0 aliphatic carbocycles. The van der Waals surface area contributed by atoms with E-state index in [0.717, 1.165) is 29.2 Å². The number of halogens is 4. The molecule has 0 amide bonds. The molecule has 2 aromatic rings. The van der Waals surface area contributed by atoms with Crippen molar-refractivity contribution in [2.75, 3.05) is 0 Å². The third kappa shape index (κ3) is 4.45. The van der Waals surface area contributed by atoms with E-state index in [1.807, 2.05) is 0 Å². The van der Waals surface area contributed by atoms with Crippen molar-refractivity contribution in [1.29, 1.82) is 0 Å². The van der Waals surface area contributed by atoms with Gasteiger partial charge in [0.2, 0.25) is 0 Å². The second-order valence-corrected chi connectivity index (χ2v) is 6.98. The van der Waals surface area contributed by atoms with Crippen molar-refractivity contribution in [3.8, 4) is 0 Å². The summed E-state index contributed by atoms with van der Waals surface area (Å²) in [6, 6.07) is 3.88. The van der Waals surface area contributed by atoms with E-state index in [2.05, 4.69) is 20.9 Å². The van der Waals surface area contributed by atoms with E-state index < -0.39 is 17.7 Å². The average molecular weight is 398 g/mol. The number of carbonyl (C=O) groups is 1. The Bertz CT molecular complexity index is 673. The number of carboxylic acid groups (broad SMARTS) is 1. The van der Waals surface area contributed by atoms with Crippen molar-refractivity contribution >= 4 is 45.0 Å². The maximum absolute atomic E-state index is 13.0. The summed E-state index contributed by atoms with van der Waals surface area (Å²) in [4.78, 5) is 14.6. The molecule has 0 saturated carbocycles. The van der Waals surface area contributed by atoms with Crippen LogP contribution in [0, 0.1) is 0 Å². The first-order valence-electron chi connectivity index (χ1n) is 5.46. The second-order valence-electron chi connectivity index (χ2n) is 3.92. The summed E-state index contributed by atoms with van der Waals surface area (Å²) >= 11 is 5.01. The molecule has 2 rings (SSSR count). The Hall–Kier alpha value is -1.06. The van der Waals surface area contributed by atoms with Gasteiger partial charge in [-0.1, -0.05) is 27.7 Å². The fraction of sp³-hybridized carbons (Fsp3) is 0.167. The van der Waals surface area contributed by atoms with Gasteiger partial charge < -0.3 is 5.11 Å². The molecule has 21 heavy (non-hydrogen) atoms. The van der Waals surface area contributed by atoms with E-state index in [-0.39, 0.29) is 11.3 Å². The summed E-state index contributed by atoms with van der Waals surface area (Å²) in [7, 11) is 0. The van der Waals surface area contributed by atoms with E-state index in [0.29, 0.717) is 14.5 Å². The SMILES string of the molecule is O=C(O)Cc1csc(Sc2ccc(Br)cc2C(F)(F)F)n1. The van der Waals surface area contributed by atoms with Gasteiger partial charge in [0.05, 0.1) is 17.7 Å². The number of nitrogens with zero attached hydrogens (tertiary/aromatic N) is 1. The highest BCUT2D eigenvalue weighted by atomic mass is 79.9. The van der Waals surface area contributed by atoms with Gasteiger partial charge in [-0.15, -0.1) is 11.3 Å². The number of carboxylic acids is 1. The zero-order chi connectivity index (χ0) is 15.6. The predicted octanol–water partition coefficient (Wildman–Crippen LogP) is 4.70. The van der Waals surface area contributed by atoms with Crippen molar-refractivity contribution in [2.24, 2.45) is 0 Å². The normalized spacial score (nSPS) is 11.6. The highest BCUT2D eigenvalue weighted by Gasteiger charge is 2.34. The first-order valence-corrected chi connectivity index (χ1v) is 7.95. The third-order valence-electron chi connectivity index (χ3n) is 2.31. The highest BCUT2D eigenvalue weighted by Crippen LogP contribution is 2.41. The Kier molecular flexibility index (Phi) is 4.95. The molecule has 9 heteroatoms. The molecule has 0 fully saturated rings. The molecule has 0 bridgehead atoms. The fourth-order valence-electron chi connectivity index (χ4n) is 1.48. The molecule has 0 aliphatic heterocycles. The minimum atomic E-state index is -4.47. The van der Waals surface area contributed by atoms with Crippen LogP contribution in [0.2, 0.25) is 0 Å². The Morgan fingerprint density at radius 1 is 1.43 bits per heavy atom. The molecule has 0 radical (unpaired) electrons. The number of aliphatic carboxylic acids is 1. The largest absolute Gasteiger partial charge is 0.481 e. The van der Waals surface area contributed by atoms with Crippen molar-refractivity contribution in [1.82, 2.24) is 4.98 Å². The molecule has 112 valence electrons. The van der Waals surface area contributed by atoms with Gasteiger partial charge in [-0.3, -0.25) is 4.79 Å². The molecule has 0 saturated heterocycles. The first kappa shape index (κ1) is 16.3. The fourth-order valence-corrected chi connectivity index (χ4v) is 3.76. The van der Waals surface area contributed by atoms with Gasteiger partial charge in [0.15, 0.2) is 4.34 Å². The van der Waals surface area contributed by atoms with Crippen molar-refractivity contribution in [3.05, 3.63) is 39.3 Å². The Morgan fingerprint density at radius 3 is 2.76 bits per heavy atom. The van der Waals surface area contributed by atoms with Gasteiger partial charge >= 0.3 is 12.1 Å². The minimum absolute atomic E-state index is 0.0296. The first-order chi connectivity index (χ1) is 9.75. The lowest BCUT2D eigenvalue weighted by Crippen LogP contribution is -2.06. The van der Waals surface area contributed by atoms with Crippen molar-refractivity contribution in [2.45, 2.75) is 21.8 Å². The average Bonchev–Trinajstić information content (AvgIpc) is 2.76. The zero-order valence-corrected chi connectivity index (χ0v) is 13.4. The van der Waals surface area contributed by atoms with Gasteiger partial charge in [0, 0.05) is 14.7 Å². The summed E-state index contributed by atoms with van der Waals surface area (Å²) in [6.07, 6.45) is -4.71. The Labute approximate surface area is 134 Å². The lowest BCUT2D eigenvalue weighted by molar-refractivity contribution is -0.140. The molecule has 1 heterocycles. The standard InChI is InChI=1S/C12H7BrF3NO2S2/c13-6-1-2-9(8(3-6)12(14,15)16)21-11-17-7(5-20-11)4-10(18)19/h1-3,5H,4H2,(H,18,19). The predicted molar refractivity (Wildman–Crippen MR) is 76.7 cm³/mol. The maximum Gasteiger partial charge on any atom is 0.417 e. The van der Waals surface area contributed by atoms with E-state index in [1.54, 1.807) is 0 Å². The quantitative estimate of drug-likeness (QED) is 0.811. The van der Waals surface area contributed by atoms with Gasteiger partial charge in [-0.2, -0.15) is 13.2 Å². The minimum Gasteiger partial charge on any atom is -0.481 e. The number of rotatable bonds is 4. The summed E-state index contributed by atoms with van der Waals surface area (Å²) < 4.78 is 39.7. The van der Waals surface area contributed by atoms with Gasteiger partial charge in [0.25, 0.3) is 0 Å². The molecule has 1 aromatic heterocycles. The van der Waals surface area contributed by atoms with Crippen LogP contribution in [-0.4, -0.2) is 16.1 Å². The number of thiazole rings is 1. The lowest BCUT2D eigenvalue weighted by atomic mass is 10.2. The molecule has 0 atom stereocenters. The molecule has 1 aromatic carbocycles. The lowest BCUT2D eigenvalue weighted by Gasteiger charge is -2.11. The third-order valence-corrected chi connectivity index (χ3v) is 4.86. The van der Waals surface area contributed by atoms with Gasteiger partial charge in [-0.05, 0) is 18.2 Å². The van der Waals surface area contributed by atoms with Crippen LogP contribution < -0.4 is 0 Å². The van der Waals surface area contributed by atoms with Crippen LogP contribution in [0.3, 0.4) is 0 Å². The zero-order valence-electron chi connectivity index (χ0n) is 10.1. The van der Waals surface area contributed by atoms with E-state index in [9.17, 15) is 18.0 Å².